The van der Waals surface area contributed by atoms with E-state index < -0.39 is 6.08 Å². The van der Waals surface area contributed by atoms with Crippen LogP contribution in [0.2, 0.25) is 0 Å². The Hall–Kier alpha value is -1.88. The number of hydrogen-bond donors (Lipinski definition) is 0. The lowest BCUT2D eigenvalue weighted by Gasteiger charge is -2.19. The van der Waals surface area contributed by atoms with Gasteiger partial charge in [0.05, 0.1) is 0 Å². The zero-order chi connectivity index (χ0) is 16.5. The average Bonchev–Trinajstić information content (AvgIpc) is 2.37. The molecule has 1 aromatic carbocycles. The minimum Gasteiger partial charge on any atom is -0.164 e. The molecule has 2 heteroatoms. The van der Waals surface area contributed by atoms with E-state index >= 15 is 0 Å². The van der Waals surface area contributed by atoms with Gasteiger partial charge in [0.15, 0.2) is 0 Å². The first kappa shape index (κ1) is 19.1. The smallest absolute Gasteiger partial charge is 0.164 e. The second kappa shape index (κ2) is 9.13. The Kier molecular flexibility index (Phi) is 8.31. The van der Waals surface area contributed by atoms with Crippen LogP contribution in [-0.2, 0) is 11.8 Å². The van der Waals surface area contributed by atoms with Gasteiger partial charge in [0.1, 0.15) is 0 Å². The predicted molar refractivity (Wildman–Crippen MR) is 86.6 cm³/mol. The third kappa shape index (κ3) is 8.81. The lowest BCUT2D eigenvalue weighted by molar-refractivity contribution is 0.423. The van der Waals surface area contributed by atoms with Gasteiger partial charge in [-0.3, -0.25) is 0 Å². The number of allylic oxidation sites excluding steroid dienone is 1. The summed E-state index contributed by atoms with van der Waals surface area (Å²) in [5.41, 5.74) is 6.79. The van der Waals surface area contributed by atoms with Gasteiger partial charge in [-0.05, 0) is 35.0 Å². The summed E-state index contributed by atoms with van der Waals surface area (Å²) in [7, 11) is 0. The minimum atomic E-state index is -1.76. The molecule has 0 radical (unpaired) electrons. The summed E-state index contributed by atoms with van der Waals surface area (Å²) in [6.45, 7) is 14.7. The Morgan fingerprint density at radius 1 is 1.19 bits per heavy atom. The predicted octanol–water partition coefficient (Wildman–Crippen LogP) is 6.06. The molecule has 1 aromatic rings. The van der Waals surface area contributed by atoms with E-state index in [2.05, 4.69) is 63.9 Å². The SMILES string of the molecule is C=C=C.CC(C=C=C(F)F)Cc1ccc(C(C)(C)C)cc1. The van der Waals surface area contributed by atoms with Crippen molar-refractivity contribution < 1.29 is 8.78 Å². The average molecular weight is 290 g/mol. The fraction of sp³-hybridized carbons (Fsp3) is 0.368. The van der Waals surface area contributed by atoms with E-state index in [1.807, 2.05) is 12.7 Å². The zero-order valence-electron chi connectivity index (χ0n) is 13.3. The van der Waals surface area contributed by atoms with Gasteiger partial charge in [0.25, 0.3) is 0 Å². The Morgan fingerprint density at radius 2 is 1.67 bits per heavy atom. The summed E-state index contributed by atoms with van der Waals surface area (Å²) in [5.74, 6) is 0.0620. The van der Waals surface area contributed by atoms with Gasteiger partial charge in [-0.1, -0.05) is 70.8 Å². The molecule has 0 bridgehead atoms. The molecule has 1 rings (SSSR count). The van der Waals surface area contributed by atoms with Crippen LogP contribution in [0.1, 0.15) is 38.8 Å². The van der Waals surface area contributed by atoms with Crippen LogP contribution in [0.3, 0.4) is 0 Å². The molecule has 0 spiro atoms. The molecule has 1 unspecified atom stereocenters. The molecule has 21 heavy (non-hydrogen) atoms. The van der Waals surface area contributed by atoms with E-state index in [4.69, 9.17) is 0 Å². The van der Waals surface area contributed by atoms with Crippen LogP contribution in [0.5, 0.6) is 0 Å². The van der Waals surface area contributed by atoms with Crippen molar-refractivity contribution in [3.8, 4) is 0 Å². The highest BCUT2D eigenvalue weighted by molar-refractivity contribution is 5.28. The molecule has 0 aliphatic heterocycles. The zero-order valence-corrected chi connectivity index (χ0v) is 13.3. The second-order valence-corrected chi connectivity index (χ2v) is 5.95. The summed E-state index contributed by atoms with van der Waals surface area (Å²) in [6.07, 6.45) is 0.419. The molecule has 0 saturated carbocycles. The summed E-state index contributed by atoms with van der Waals surface area (Å²) in [6, 6.07) is 8.36. The third-order valence-electron chi connectivity index (χ3n) is 2.85. The van der Waals surface area contributed by atoms with Gasteiger partial charge in [-0.2, -0.15) is 8.78 Å². The summed E-state index contributed by atoms with van der Waals surface area (Å²) in [5, 5.41) is 0. The van der Waals surface area contributed by atoms with E-state index in [0.29, 0.717) is 0 Å². The van der Waals surface area contributed by atoms with Crippen molar-refractivity contribution in [1.82, 2.24) is 0 Å². The maximum Gasteiger partial charge on any atom is 0.312 e. The highest BCUT2D eigenvalue weighted by atomic mass is 19.3. The monoisotopic (exact) mass is 290 g/mol. The number of rotatable bonds is 3. The van der Waals surface area contributed by atoms with Crippen molar-refractivity contribution in [2.75, 3.05) is 0 Å². The van der Waals surface area contributed by atoms with Gasteiger partial charge in [-0.15, -0.1) is 5.73 Å². The van der Waals surface area contributed by atoms with Crippen LogP contribution >= 0.6 is 0 Å². The van der Waals surface area contributed by atoms with Crippen LogP contribution in [0.25, 0.3) is 0 Å². The van der Waals surface area contributed by atoms with E-state index in [9.17, 15) is 8.78 Å². The lowest BCUT2D eigenvalue weighted by Crippen LogP contribution is -2.10. The van der Waals surface area contributed by atoms with Gasteiger partial charge < -0.3 is 0 Å². The largest absolute Gasteiger partial charge is 0.312 e. The van der Waals surface area contributed by atoms with Crippen LogP contribution in [-0.4, -0.2) is 0 Å². The van der Waals surface area contributed by atoms with E-state index in [1.165, 1.54) is 11.6 Å². The van der Waals surface area contributed by atoms with Crippen molar-refractivity contribution in [2.45, 2.75) is 39.5 Å². The first-order valence-corrected chi connectivity index (χ1v) is 6.87. The Balaban J connectivity index is 0.00000122. The molecule has 0 aromatic heterocycles. The Labute approximate surface area is 127 Å². The fourth-order valence-electron chi connectivity index (χ4n) is 1.78. The Morgan fingerprint density at radius 3 is 2.05 bits per heavy atom. The van der Waals surface area contributed by atoms with Gasteiger partial charge in [0, 0.05) is 0 Å². The maximum atomic E-state index is 11.9. The highest BCUT2D eigenvalue weighted by Crippen LogP contribution is 2.22. The summed E-state index contributed by atoms with van der Waals surface area (Å²) in [4.78, 5) is 0. The topological polar surface area (TPSA) is 0 Å². The molecule has 1 atom stereocenters. The van der Waals surface area contributed by atoms with Gasteiger partial charge >= 0.3 is 6.08 Å². The quantitative estimate of drug-likeness (QED) is 0.594. The fourth-order valence-corrected chi connectivity index (χ4v) is 1.78. The minimum absolute atomic E-state index is 0.0620. The van der Waals surface area contributed by atoms with E-state index in [0.717, 1.165) is 12.0 Å². The molecule has 114 valence electrons. The number of benzene rings is 1. The first-order chi connectivity index (χ1) is 9.70. The molecule has 0 heterocycles. The molecular formula is C19H24F2. The normalized spacial score (nSPS) is 11.3. The van der Waals surface area contributed by atoms with Crippen LogP contribution in [0.15, 0.2) is 61.0 Å². The second-order valence-electron chi connectivity index (χ2n) is 5.95. The van der Waals surface area contributed by atoms with Crippen LogP contribution in [0, 0.1) is 5.92 Å². The molecular weight excluding hydrogens is 266 g/mol. The van der Waals surface area contributed by atoms with Crippen molar-refractivity contribution in [3.63, 3.8) is 0 Å². The standard InChI is InChI=1S/C16H20F2.C3H4/c1-12(5-10-15(17)18)11-13-6-8-14(9-7-13)16(2,3)4;1-3-2/h5-9,12H,11H2,1-4H3;1-2H2. The third-order valence-corrected chi connectivity index (χ3v) is 2.85. The van der Waals surface area contributed by atoms with Crippen LogP contribution in [0.4, 0.5) is 8.78 Å². The van der Waals surface area contributed by atoms with E-state index in [-0.39, 0.29) is 11.3 Å². The van der Waals surface area contributed by atoms with Crippen LogP contribution < -0.4 is 0 Å². The number of halogens is 2. The van der Waals surface area contributed by atoms with Gasteiger partial charge in [0.2, 0.25) is 0 Å². The molecule has 0 fully saturated rings. The van der Waals surface area contributed by atoms with Crippen molar-refractivity contribution in [1.29, 1.82) is 0 Å². The first-order valence-electron chi connectivity index (χ1n) is 6.87. The maximum absolute atomic E-state index is 11.9. The molecule has 0 N–H and O–H groups in total. The highest BCUT2D eigenvalue weighted by Gasteiger charge is 2.12. The van der Waals surface area contributed by atoms with E-state index in [1.54, 1.807) is 0 Å². The number of hydrogen-bond acceptors (Lipinski definition) is 0. The van der Waals surface area contributed by atoms with Crippen molar-refractivity contribution >= 4 is 0 Å². The molecule has 0 nitrogen and oxygen atoms in total. The summed E-state index contributed by atoms with van der Waals surface area (Å²) < 4.78 is 23.8. The summed E-state index contributed by atoms with van der Waals surface area (Å²) >= 11 is 0. The molecule has 0 saturated heterocycles. The molecule has 0 aliphatic carbocycles. The van der Waals surface area contributed by atoms with Crippen molar-refractivity contribution in [3.05, 3.63) is 72.2 Å². The van der Waals surface area contributed by atoms with Gasteiger partial charge in [-0.25, -0.2) is 0 Å². The Bertz CT molecular complexity index is 514. The molecule has 0 amide bonds. The molecule has 0 aliphatic rings. The van der Waals surface area contributed by atoms with Crippen molar-refractivity contribution in [2.24, 2.45) is 5.92 Å². The lowest BCUT2D eigenvalue weighted by atomic mass is 9.86.